The second-order valence-corrected chi connectivity index (χ2v) is 7.25. The van der Waals surface area contributed by atoms with Crippen molar-refractivity contribution in [2.75, 3.05) is 5.43 Å². The first-order chi connectivity index (χ1) is 13.6. The van der Waals surface area contributed by atoms with Crippen molar-refractivity contribution in [1.82, 2.24) is 24.6 Å². The monoisotopic (exact) mass is 392 g/mol. The van der Waals surface area contributed by atoms with Crippen molar-refractivity contribution in [3.8, 4) is 5.69 Å². The van der Waals surface area contributed by atoms with E-state index in [1.54, 1.807) is 4.68 Å². The van der Waals surface area contributed by atoms with E-state index in [0.29, 0.717) is 11.5 Å². The molecule has 142 valence electrons. The zero-order chi connectivity index (χ0) is 19.5. The maximum atomic E-state index is 10.3. The number of rotatable bonds is 6. The first-order valence-corrected chi connectivity index (χ1v) is 9.68. The lowest BCUT2D eigenvalue weighted by Crippen LogP contribution is -2.16. The fourth-order valence-corrected chi connectivity index (χ4v) is 3.45. The summed E-state index contributed by atoms with van der Waals surface area (Å²) < 4.78 is 1.80. The summed E-state index contributed by atoms with van der Waals surface area (Å²) in [6.45, 7) is 3.94. The van der Waals surface area contributed by atoms with Crippen LogP contribution in [0.1, 0.15) is 22.3 Å². The first kappa shape index (κ1) is 18.4. The minimum absolute atomic E-state index is 0.605. The van der Waals surface area contributed by atoms with Crippen LogP contribution < -0.4 is 10.3 Å². The van der Waals surface area contributed by atoms with Gasteiger partial charge in [0.2, 0.25) is 0 Å². The molecule has 0 amide bonds. The van der Waals surface area contributed by atoms with E-state index in [2.05, 4.69) is 25.3 Å². The summed E-state index contributed by atoms with van der Waals surface area (Å²) in [6, 6.07) is 17.6. The zero-order valence-electron chi connectivity index (χ0n) is 15.5. The van der Waals surface area contributed by atoms with E-state index in [0.717, 1.165) is 39.8 Å². The number of hydrogen-bond donors (Lipinski definition) is 3. The van der Waals surface area contributed by atoms with Crippen LogP contribution in [0.15, 0.2) is 60.9 Å². The Hall–Kier alpha value is -2.94. The van der Waals surface area contributed by atoms with Crippen molar-refractivity contribution in [2.24, 2.45) is 0 Å². The highest BCUT2D eigenvalue weighted by molar-refractivity contribution is 7.97. The SMILES string of the molecule is Cc1ccc(C(O)SNNc2ncnc3c2c(C)nn3-c2ccccc2)cc1. The zero-order valence-corrected chi connectivity index (χ0v) is 16.3. The molecule has 7 nitrogen and oxygen atoms in total. The van der Waals surface area contributed by atoms with Crippen LogP contribution in [0.5, 0.6) is 0 Å². The summed E-state index contributed by atoms with van der Waals surface area (Å²) >= 11 is 1.15. The molecule has 0 aliphatic carbocycles. The molecule has 8 heteroatoms. The number of aliphatic hydroxyl groups excluding tert-OH is 1. The van der Waals surface area contributed by atoms with E-state index < -0.39 is 5.44 Å². The van der Waals surface area contributed by atoms with E-state index in [1.807, 2.05) is 68.4 Å². The molecule has 0 aliphatic heterocycles. The lowest BCUT2D eigenvalue weighted by molar-refractivity contribution is 0.269. The highest BCUT2D eigenvalue weighted by atomic mass is 32.2. The number of anilines is 1. The van der Waals surface area contributed by atoms with Crippen molar-refractivity contribution in [3.05, 3.63) is 77.7 Å². The van der Waals surface area contributed by atoms with Gasteiger partial charge in [-0.25, -0.2) is 14.6 Å². The predicted molar refractivity (Wildman–Crippen MR) is 112 cm³/mol. The molecule has 1 atom stereocenters. The second-order valence-electron chi connectivity index (χ2n) is 6.36. The van der Waals surface area contributed by atoms with Crippen LogP contribution in [0.2, 0.25) is 0 Å². The Labute approximate surface area is 166 Å². The summed E-state index contributed by atoms with van der Waals surface area (Å²) in [5.41, 5.74) is 6.78. The number of fused-ring (bicyclic) bond motifs is 1. The number of aryl methyl sites for hydroxylation is 2. The lowest BCUT2D eigenvalue weighted by atomic mass is 10.2. The fourth-order valence-electron chi connectivity index (χ4n) is 2.89. The molecule has 4 aromatic rings. The Morgan fingerprint density at radius 3 is 2.50 bits per heavy atom. The Kier molecular flexibility index (Phi) is 5.25. The van der Waals surface area contributed by atoms with Crippen LogP contribution >= 0.6 is 11.9 Å². The van der Waals surface area contributed by atoms with Gasteiger partial charge in [0.05, 0.1) is 16.8 Å². The third-order valence-electron chi connectivity index (χ3n) is 4.34. The first-order valence-electron chi connectivity index (χ1n) is 8.80. The van der Waals surface area contributed by atoms with Gasteiger partial charge in [-0.2, -0.15) is 9.93 Å². The van der Waals surface area contributed by atoms with Crippen molar-refractivity contribution in [3.63, 3.8) is 0 Å². The van der Waals surface area contributed by atoms with Gasteiger partial charge >= 0.3 is 0 Å². The van der Waals surface area contributed by atoms with Crippen LogP contribution in [0.25, 0.3) is 16.7 Å². The maximum Gasteiger partial charge on any atom is 0.168 e. The van der Waals surface area contributed by atoms with Gasteiger partial charge in [-0.05, 0) is 43.5 Å². The third kappa shape index (κ3) is 3.70. The van der Waals surface area contributed by atoms with Crippen molar-refractivity contribution in [2.45, 2.75) is 19.3 Å². The number of para-hydroxylation sites is 1. The molecule has 0 radical (unpaired) electrons. The van der Waals surface area contributed by atoms with Gasteiger partial charge < -0.3 is 5.11 Å². The summed E-state index contributed by atoms with van der Waals surface area (Å²) in [5, 5.41) is 15.8. The Bertz CT molecular complexity index is 1080. The van der Waals surface area contributed by atoms with Crippen LogP contribution in [-0.2, 0) is 0 Å². The number of nitrogens with zero attached hydrogens (tertiary/aromatic N) is 4. The van der Waals surface area contributed by atoms with Gasteiger partial charge in [-0.15, -0.1) is 0 Å². The average Bonchev–Trinajstić information content (AvgIpc) is 3.07. The molecule has 0 saturated heterocycles. The fraction of sp³-hybridized carbons (Fsp3) is 0.150. The number of benzene rings is 2. The topological polar surface area (TPSA) is 87.9 Å². The van der Waals surface area contributed by atoms with Gasteiger partial charge in [0, 0.05) is 0 Å². The highest BCUT2D eigenvalue weighted by Crippen LogP contribution is 2.27. The molecule has 28 heavy (non-hydrogen) atoms. The highest BCUT2D eigenvalue weighted by Gasteiger charge is 2.15. The smallest absolute Gasteiger partial charge is 0.168 e. The molecule has 0 saturated carbocycles. The van der Waals surface area contributed by atoms with E-state index in [9.17, 15) is 5.11 Å². The van der Waals surface area contributed by atoms with Crippen LogP contribution in [-0.4, -0.2) is 24.9 Å². The summed E-state index contributed by atoms with van der Waals surface area (Å²) in [6.07, 6.45) is 1.49. The summed E-state index contributed by atoms with van der Waals surface area (Å²) in [5.74, 6) is 0.605. The number of aromatic nitrogens is 4. The largest absolute Gasteiger partial charge is 0.377 e. The molecular formula is C20H20N6OS. The molecule has 1 unspecified atom stereocenters. The Balaban J connectivity index is 1.53. The molecule has 3 N–H and O–H groups in total. The number of nitrogens with one attached hydrogen (secondary N) is 2. The van der Waals surface area contributed by atoms with Gasteiger partial charge in [0.15, 0.2) is 11.5 Å². The van der Waals surface area contributed by atoms with Crippen molar-refractivity contribution >= 4 is 28.8 Å². The van der Waals surface area contributed by atoms with Gasteiger partial charge in [-0.3, -0.25) is 5.43 Å². The van der Waals surface area contributed by atoms with E-state index >= 15 is 0 Å². The molecule has 4 rings (SSSR count). The average molecular weight is 392 g/mol. The Morgan fingerprint density at radius 1 is 1.00 bits per heavy atom. The normalized spacial score (nSPS) is 12.2. The Morgan fingerprint density at radius 2 is 1.75 bits per heavy atom. The second kappa shape index (κ2) is 7.97. The molecule has 2 aromatic heterocycles. The van der Waals surface area contributed by atoms with Crippen molar-refractivity contribution in [1.29, 1.82) is 0 Å². The number of aliphatic hydroxyl groups is 1. The number of hydrazine groups is 1. The number of hydrogen-bond acceptors (Lipinski definition) is 7. The molecular weight excluding hydrogens is 372 g/mol. The van der Waals surface area contributed by atoms with E-state index in [4.69, 9.17) is 0 Å². The van der Waals surface area contributed by atoms with Gasteiger partial charge in [-0.1, -0.05) is 48.0 Å². The summed E-state index contributed by atoms with van der Waals surface area (Å²) in [4.78, 5) is 11.7. The van der Waals surface area contributed by atoms with Crippen LogP contribution in [0, 0.1) is 13.8 Å². The van der Waals surface area contributed by atoms with Crippen molar-refractivity contribution < 1.29 is 5.11 Å². The summed E-state index contributed by atoms with van der Waals surface area (Å²) in [7, 11) is 0. The minimum Gasteiger partial charge on any atom is -0.377 e. The molecule has 0 bridgehead atoms. The molecule has 0 fully saturated rings. The molecule has 0 aliphatic rings. The van der Waals surface area contributed by atoms with Crippen LogP contribution in [0.3, 0.4) is 0 Å². The van der Waals surface area contributed by atoms with Gasteiger partial charge in [0.25, 0.3) is 0 Å². The maximum absolute atomic E-state index is 10.3. The molecule has 2 heterocycles. The minimum atomic E-state index is -0.710. The lowest BCUT2D eigenvalue weighted by Gasteiger charge is -2.13. The third-order valence-corrected chi connectivity index (χ3v) is 5.06. The quantitative estimate of drug-likeness (QED) is 0.262. The predicted octanol–water partition coefficient (Wildman–Crippen LogP) is 3.69. The van der Waals surface area contributed by atoms with Gasteiger partial charge in [0.1, 0.15) is 11.8 Å². The van der Waals surface area contributed by atoms with E-state index in [1.165, 1.54) is 6.33 Å². The molecule has 2 aromatic carbocycles. The van der Waals surface area contributed by atoms with E-state index in [-0.39, 0.29) is 0 Å². The molecule has 0 spiro atoms. The standard InChI is InChI=1S/C20H20N6OS/c1-13-8-10-15(11-9-13)20(27)28-25-23-18-17-14(2)24-26(19(17)22-12-21-18)16-6-4-3-5-7-16/h3-12,20,25,27H,1-2H3,(H,21,22,23). The van der Waals surface area contributed by atoms with Crippen LogP contribution in [0.4, 0.5) is 5.82 Å².